The van der Waals surface area contributed by atoms with Crippen molar-refractivity contribution in [3.63, 3.8) is 0 Å². The first kappa shape index (κ1) is 21.4. The Kier molecular flexibility index (Phi) is 6.72. The van der Waals surface area contributed by atoms with Crippen LogP contribution in [-0.4, -0.2) is 34.5 Å². The summed E-state index contributed by atoms with van der Waals surface area (Å²) in [5.41, 5.74) is 1.56. The van der Waals surface area contributed by atoms with Crippen molar-refractivity contribution in [1.29, 1.82) is 0 Å². The molecule has 1 atom stereocenters. The SMILES string of the molecule is CCNC(=O)c1cn([C@H](C)CC)cc(C(=O)NCCc2c[nH]c3ccccc23)c1=O. The fourth-order valence-corrected chi connectivity index (χ4v) is 3.39. The topological polar surface area (TPSA) is 96.0 Å². The molecule has 0 aliphatic rings. The fraction of sp³-hybridized carbons (Fsp3) is 0.348. The molecule has 2 amide bonds. The number of carbonyl (C=O) groups is 2. The highest BCUT2D eigenvalue weighted by atomic mass is 16.2. The number of nitrogens with one attached hydrogen (secondary N) is 3. The van der Waals surface area contributed by atoms with Crippen LogP contribution in [0.2, 0.25) is 0 Å². The maximum Gasteiger partial charge on any atom is 0.256 e. The summed E-state index contributed by atoms with van der Waals surface area (Å²) in [6.45, 7) is 6.56. The molecule has 158 valence electrons. The molecule has 3 aromatic rings. The number of H-pyrrole nitrogens is 1. The van der Waals surface area contributed by atoms with Crippen molar-refractivity contribution in [2.75, 3.05) is 13.1 Å². The van der Waals surface area contributed by atoms with Gasteiger partial charge >= 0.3 is 0 Å². The largest absolute Gasteiger partial charge is 0.361 e. The first-order valence-corrected chi connectivity index (χ1v) is 10.3. The van der Waals surface area contributed by atoms with Gasteiger partial charge in [-0.2, -0.15) is 0 Å². The minimum atomic E-state index is -0.551. The van der Waals surface area contributed by atoms with E-state index in [1.165, 1.54) is 6.20 Å². The molecule has 0 radical (unpaired) electrons. The summed E-state index contributed by atoms with van der Waals surface area (Å²) >= 11 is 0. The molecule has 0 fully saturated rings. The standard InChI is InChI=1S/C23H28N4O3/c1-4-15(3)27-13-18(22(29)24-5-2)21(28)19(14-27)23(30)25-11-10-16-12-26-20-9-7-6-8-17(16)20/h6-9,12-15,26H,4-5,10-11H2,1-3H3,(H,24,29)(H,25,30)/t15-/m1/s1. The van der Waals surface area contributed by atoms with E-state index >= 15 is 0 Å². The van der Waals surface area contributed by atoms with E-state index in [0.717, 1.165) is 22.9 Å². The van der Waals surface area contributed by atoms with Crippen molar-refractivity contribution < 1.29 is 9.59 Å². The number of pyridine rings is 1. The van der Waals surface area contributed by atoms with E-state index in [-0.39, 0.29) is 17.2 Å². The van der Waals surface area contributed by atoms with Crippen molar-refractivity contribution >= 4 is 22.7 Å². The molecule has 3 N–H and O–H groups in total. The third kappa shape index (κ3) is 4.45. The summed E-state index contributed by atoms with van der Waals surface area (Å²) in [4.78, 5) is 41.2. The van der Waals surface area contributed by atoms with Crippen LogP contribution in [0.25, 0.3) is 10.9 Å². The van der Waals surface area contributed by atoms with Gasteiger partial charge in [0, 0.05) is 48.6 Å². The maximum atomic E-state index is 12.8. The first-order chi connectivity index (χ1) is 14.5. The minimum Gasteiger partial charge on any atom is -0.361 e. The number of carbonyl (C=O) groups excluding carboxylic acids is 2. The summed E-state index contributed by atoms with van der Waals surface area (Å²) in [7, 11) is 0. The summed E-state index contributed by atoms with van der Waals surface area (Å²) in [5.74, 6) is -0.934. The van der Waals surface area contributed by atoms with Crippen LogP contribution in [0, 0.1) is 0 Å². The van der Waals surface area contributed by atoms with E-state index in [2.05, 4.69) is 15.6 Å². The van der Waals surface area contributed by atoms with Crippen LogP contribution in [0.1, 0.15) is 59.5 Å². The Labute approximate surface area is 175 Å². The smallest absolute Gasteiger partial charge is 0.256 e. The molecule has 0 saturated heterocycles. The number of hydrogen-bond acceptors (Lipinski definition) is 3. The minimum absolute atomic E-state index is 0.0126. The summed E-state index contributed by atoms with van der Waals surface area (Å²) in [6.07, 6.45) is 6.44. The van der Waals surface area contributed by atoms with E-state index in [4.69, 9.17) is 0 Å². The molecular weight excluding hydrogens is 380 g/mol. The van der Waals surface area contributed by atoms with Gasteiger partial charge in [0.05, 0.1) is 0 Å². The lowest BCUT2D eigenvalue weighted by atomic mass is 10.1. The average Bonchev–Trinajstić information content (AvgIpc) is 3.16. The normalized spacial score (nSPS) is 12.0. The van der Waals surface area contributed by atoms with Gasteiger partial charge in [-0.1, -0.05) is 25.1 Å². The summed E-state index contributed by atoms with van der Waals surface area (Å²) < 4.78 is 1.76. The number of hydrogen-bond donors (Lipinski definition) is 3. The fourth-order valence-electron chi connectivity index (χ4n) is 3.39. The number of fused-ring (bicyclic) bond motifs is 1. The van der Waals surface area contributed by atoms with Crippen molar-refractivity contribution in [3.8, 4) is 0 Å². The van der Waals surface area contributed by atoms with Crippen LogP contribution in [0.5, 0.6) is 0 Å². The Morgan fingerprint density at radius 1 is 1.07 bits per heavy atom. The molecular formula is C23H28N4O3. The molecule has 0 bridgehead atoms. The highest BCUT2D eigenvalue weighted by Gasteiger charge is 2.20. The lowest BCUT2D eigenvalue weighted by Gasteiger charge is -2.17. The van der Waals surface area contributed by atoms with Crippen LogP contribution in [0.15, 0.2) is 47.7 Å². The van der Waals surface area contributed by atoms with Gasteiger partial charge in [0.2, 0.25) is 5.43 Å². The average molecular weight is 409 g/mol. The molecule has 7 heteroatoms. The van der Waals surface area contributed by atoms with E-state index in [1.807, 2.05) is 44.3 Å². The van der Waals surface area contributed by atoms with Crippen LogP contribution >= 0.6 is 0 Å². The van der Waals surface area contributed by atoms with E-state index in [0.29, 0.717) is 19.5 Å². The van der Waals surface area contributed by atoms with Crippen molar-refractivity contribution in [2.24, 2.45) is 0 Å². The van der Waals surface area contributed by atoms with E-state index in [1.54, 1.807) is 17.7 Å². The Bertz CT molecular complexity index is 1110. The van der Waals surface area contributed by atoms with Crippen molar-refractivity contribution in [1.82, 2.24) is 20.2 Å². The third-order valence-corrected chi connectivity index (χ3v) is 5.33. The molecule has 1 aromatic carbocycles. The number of rotatable bonds is 8. The van der Waals surface area contributed by atoms with Crippen LogP contribution in [0.4, 0.5) is 0 Å². The van der Waals surface area contributed by atoms with Gasteiger partial charge in [-0.05, 0) is 38.3 Å². The predicted octanol–water partition coefficient (Wildman–Crippen LogP) is 3.02. The van der Waals surface area contributed by atoms with E-state index in [9.17, 15) is 14.4 Å². The molecule has 2 heterocycles. The lowest BCUT2D eigenvalue weighted by molar-refractivity contribution is 0.0951. The number of aromatic amines is 1. The molecule has 7 nitrogen and oxygen atoms in total. The van der Waals surface area contributed by atoms with Gasteiger partial charge in [-0.25, -0.2) is 0 Å². The van der Waals surface area contributed by atoms with E-state index < -0.39 is 17.2 Å². The molecule has 3 rings (SSSR count). The second-order valence-electron chi connectivity index (χ2n) is 7.34. The second-order valence-corrected chi connectivity index (χ2v) is 7.34. The molecule has 0 saturated carbocycles. The number of benzene rings is 1. The number of para-hydroxylation sites is 1. The van der Waals surface area contributed by atoms with Crippen LogP contribution in [-0.2, 0) is 6.42 Å². The summed E-state index contributed by atoms with van der Waals surface area (Å²) in [5, 5.41) is 6.59. The molecule has 0 spiro atoms. The quantitative estimate of drug-likeness (QED) is 0.535. The molecule has 0 aliphatic heterocycles. The molecule has 0 unspecified atom stereocenters. The first-order valence-electron chi connectivity index (χ1n) is 10.3. The predicted molar refractivity (Wildman–Crippen MR) is 118 cm³/mol. The Morgan fingerprint density at radius 3 is 2.40 bits per heavy atom. The van der Waals surface area contributed by atoms with Crippen LogP contribution < -0.4 is 16.1 Å². The second kappa shape index (κ2) is 9.43. The van der Waals surface area contributed by atoms with Crippen LogP contribution in [0.3, 0.4) is 0 Å². The zero-order valence-corrected chi connectivity index (χ0v) is 17.6. The van der Waals surface area contributed by atoms with Gasteiger partial charge in [-0.15, -0.1) is 0 Å². The number of amides is 2. The Morgan fingerprint density at radius 2 is 1.73 bits per heavy atom. The highest BCUT2D eigenvalue weighted by molar-refractivity contribution is 5.99. The lowest BCUT2D eigenvalue weighted by Crippen LogP contribution is -2.36. The Hall–Kier alpha value is -3.35. The third-order valence-electron chi connectivity index (χ3n) is 5.33. The van der Waals surface area contributed by atoms with Gasteiger partial charge in [0.1, 0.15) is 11.1 Å². The molecule has 2 aromatic heterocycles. The number of nitrogens with zero attached hydrogens (tertiary/aromatic N) is 1. The zero-order chi connectivity index (χ0) is 21.7. The monoisotopic (exact) mass is 408 g/mol. The molecule has 0 aliphatic carbocycles. The van der Waals surface area contributed by atoms with Gasteiger partial charge < -0.3 is 20.2 Å². The summed E-state index contributed by atoms with van der Waals surface area (Å²) in [6, 6.07) is 8.03. The van der Waals surface area contributed by atoms with Gasteiger partial charge in [0.15, 0.2) is 0 Å². The maximum absolute atomic E-state index is 12.8. The molecule has 30 heavy (non-hydrogen) atoms. The van der Waals surface area contributed by atoms with Crippen molar-refractivity contribution in [3.05, 3.63) is 69.8 Å². The number of aromatic nitrogens is 2. The van der Waals surface area contributed by atoms with Gasteiger partial charge in [0.25, 0.3) is 11.8 Å². The Balaban J connectivity index is 1.80. The van der Waals surface area contributed by atoms with Crippen molar-refractivity contribution in [2.45, 2.75) is 39.7 Å². The van der Waals surface area contributed by atoms with Gasteiger partial charge in [-0.3, -0.25) is 14.4 Å². The zero-order valence-electron chi connectivity index (χ0n) is 17.6. The highest BCUT2D eigenvalue weighted by Crippen LogP contribution is 2.17.